The van der Waals surface area contributed by atoms with E-state index in [1.807, 2.05) is 12.1 Å². The van der Waals surface area contributed by atoms with Gasteiger partial charge in [-0.15, -0.1) is 0 Å². The van der Waals surface area contributed by atoms with Crippen LogP contribution in [0.15, 0.2) is 42.5 Å². The average Bonchev–Trinajstić information content (AvgIpc) is 2.73. The maximum absolute atomic E-state index is 5.24. The van der Waals surface area contributed by atoms with Crippen LogP contribution in [-0.2, 0) is 10.8 Å². The van der Waals surface area contributed by atoms with Crippen LogP contribution < -0.4 is 4.74 Å². The highest BCUT2D eigenvalue weighted by atomic mass is 16.5. The van der Waals surface area contributed by atoms with Crippen molar-refractivity contribution in [1.82, 2.24) is 0 Å². The Balaban J connectivity index is 1.99. The number of ether oxygens (including phenoxy) is 1. The molecule has 0 N–H and O–H groups in total. The lowest BCUT2D eigenvalue weighted by molar-refractivity contribution is 0.264. The van der Waals surface area contributed by atoms with Gasteiger partial charge in [-0.1, -0.05) is 71.0 Å². The summed E-state index contributed by atoms with van der Waals surface area (Å²) in [7, 11) is 1.70. The van der Waals surface area contributed by atoms with E-state index < -0.39 is 0 Å². The molecule has 1 heteroatoms. The van der Waals surface area contributed by atoms with Crippen molar-refractivity contribution in [1.29, 1.82) is 0 Å². The predicted molar refractivity (Wildman–Crippen MR) is 108 cm³/mol. The van der Waals surface area contributed by atoms with Crippen molar-refractivity contribution in [2.24, 2.45) is 5.92 Å². The summed E-state index contributed by atoms with van der Waals surface area (Å²) in [4.78, 5) is 0. The number of hydrogen-bond acceptors (Lipinski definition) is 1. The molecule has 3 rings (SSSR count). The largest absolute Gasteiger partial charge is 0.497 e. The van der Waals surface area contributed by atoms with Gasteiger partial charge in [0.15, 0.2) is 0 Å². The molecule has 0 aromatic heterocycles. The number of rotatable bonds is 3. The fourth-order valence-corrected chi connectivity index (χ4v) is 4.29. The van der Waals surface area contributed by atoms with Crippen LogP contribution in [-0.4, -0.2) is 7.11 Å². The molecule has 132 valence electrons. The highest BCUT2D eigenvalue weighted by Gasteiger charge is 2.48. The summed E-state index contributed by atoms with van der Waals surface area (Å²) in [5.41, 5.74) is 7.25. The third kappa shape index (κ3) is 2.90. The topological polar surface area (TPSA) is 9.23 Å². The number of hydrogen-bond donors (Lipinski definition) is 0. The van der Waals surface area contributed by atoms with E-state index in [0.29, 0.717) is 5.92 Å². The minimum atomic E-state index is 0.204. The normalized spacial score (nSPS) is 21.1. The van der Waals surface area contributed by atoms with Gasteiger partial charge in [-0.05, 0) is 63.6 Å². The van der Waals surface area contributed by atoms with Gasteiger partial charge in [0.25, 0.3) is 0 Å². The summed E-state index contributed by atoms with van der Waals surface area (Å²) in [6.45, 7) is 14.1. The molecule has 0 amide bonds. The summed E-state index contributed by atoms with van der Waals surface area (Å²) in [6, 6.07) is 15.3. The SMILES string of the molecule is COc1ccc(C=C(C)c2ccc3c(c2)C(C)(C)C(C)C3(C)C)cc1. The van der Waals surface area contributed by atoms with E-state index in [4.69, 9.17) is 4.74 Å². The molecule has 0 saturated carbocycles. The number of benzene rings is 2. The van der Waals surface area contributed by atoms with Crippen LogP contribution in [0.2, 0.25) is 0 Å². The van der Waals surface area contributed by atoms with E-state index >= 15 is 0 Å². The average molecular weight is 335 g/mol. The van der Waals surface area contributed by atoms with Gasteiger partial charge in [0, 0.05) is 0 Å². The Labute approximate surface area is 152 Å². The first-order valence-electron chi connectivity index (χ1n) is 9.15. The Morgan fingerprint density at radius 2 is 1.52 bits per heavy atom. The van der Waals surface area contributed by atoms with Crippen LogP contribution in [0.5, 0.6) is 5.75 Å². The highest BCUT2D eigenvalue weighted by molar-refractivity contribution is 5.81. The molecular weight excluding hydrogens is 304 g/mol. The molecule has 1 aliphatic rings. The molecule has 1 aliphatic carbocycles. The molecule has 0 fully saturated rings. The smallest absolute Gasteiger partial charge is 0.118 e. The Morgan fingerprint density at radius 3 is 2.12 bits per heavy atom. The van der Waals surface area contributed by atoms with Gasteiger partial charge in [-0.3, -0.25) is 0 Å². The quantitative estimate of drug-likeness (QED) is 0.585. The molecular formula is C24H30O. The summed E-state index contributed by atoms with van der Waals surface area (Å²) in [6.07, 6.45) is 2.25. The summed E-state index contributed by atoms with van der Waals surface area (Å²) in [5.74, 6) is 1.52. The van der Waals surface area contributed by atoms with Crippen molar-refractivity contribution >= 4 is 11.6 Å². The van der Waals surface area contributed by atoms with E-state index in [-0.39, 0.29) is 10.8 Å². The van der Waals surface area contributed by atoms with Gasteiger partial charge in [-0.2, -0.15) is 0 Å². The van der Waals surface area contributed by atoms with Gasteiger partial charge in [0.2, 0.25) is 0 Å². The second-order valence-electron chi connectivity index (χ2n) is 8.53. The van der Waals surface area contributed by atoms with Gasteiger partial charge >= 0.3 is 0 Å². The molecule has 1 nitrogen and oxygen atoms in total. The monoisotopic (exact) mass is 334 g/mol. The van der Waals surface area contributed by atoms with Crippen molar-refractivity contribution in [2.45, 2.75) is 52.4 Å². The van der Waals surface area contributed by atoms with Crippen LogP contribution in [0.4, 0.5) is 0 Å². The summed E-state index contributed by atoms with van der Waals surface area (Å²) in [5, 5.41) is 0. The molecule has 0 spiro atoms. The molecule has 25 heavy (non-hydrogen) atoms. The molecule has 0 heterocycles. The van der Waals surface area contributed by atoms with Gasteiger partial charge < -0.3 is 4.74 Å². The Kier molecular flexibility index (Phi) is 4.31. The van der Waals surface area contributed by atoms with Gasteiger partial charge in [-0.25, -0.2) is 0 Å². The van der Waals surface area contributed by atoms with Crippen molar-refractivity contribution in [3.8, 4) is 5.75 Å². The Bertz CT molecular complexity index is 806. The highest BCUT2D eigenvalue weighted by Crippen LogP contribution is 2.53. The standard InChI is InChI=1S/C24H30O/c1-16(14-18-8-11-20(25-7)12-9-18)19-10-13-21-22(15-19)24(5,6)17(2)23(21,3)4/h8-15,17H,1-7H3. The van der Waals surface area contributed by atoms with Crippen LogP contribution in [0.25, 0.3) is 11.6 Å². The third-order valence-electron chi connectivity index (χ3n) is 6.53. The lowest BCUT2D eigenvalue weighted by Gasteiger charge is -2.32. The Hall–Kier alpha value is -2.02. The van der Waals surface area contributed by atoms with E-state index in [1.54, 1.807) is 7.11 Å². The zero-order valence-electron chi connectivity index (χ0n) is 16.6. The van der Waals surface area contributed by atoms with E-state index in [1.165, 1.54) is 27.8 Å². The van der Waals surface area contributed by atoms with Crippen molar-refractivity contribution in [3.05, 3.63) is 64.7 Å². The predicted octanol–water partition coefficient (Wildman–Crippen LogP) is 6.46. The second-order valence-corrected chi connectivity index (χ2v) is 8.53. The first kappa shape index (κ1) is 17.8. The molecule has 1 atom stereocenters. The second kappa shape index (κ2) is 6.05. The molecule has 1 unspecified atom stereocenters. The summed E-state index contributed by atoms with van der Waals surface area (Å²) >= 11 is 0. The van der Waals surface area contributed by atoms with Crippen molar-refractivity contribution in [2.75, 3.05) is 7.11 Å². The Morgan fingerprint density at radius 1 is 0.920 bits per heavy atom. The number of fused-ring (bicyclic) bond motifs is 1. The zero-order valence-corrected chi connectivity index (χ0v) is 16.6. The maximum atomic E-state index is 5.24. The van der Waals surface area contributed by atoms with Crippen LogP contribution in [0, 0.1) is 5.92 Å². The molecule has 0 saturated heterocycles. The fraction of sp³-hybridized carbons (Fsp3) is 0.417. The molecule has 0 bridgehead atoms. The molecule has 2 aromatic rings. The third-order valence-corrected chi connectivity index (χ3v) is 6.53. The molecule has 0 radical (unpaired) electrons. The zero-order chi connectivity index (χ0) is 18.4. The summed E-state index contributed by atoms with van der Waals surface area (Å²) < 4.78 is 5.24. The van der Waals surface area contributed by atoms with E-state index in [0.717, 1.165) is 5.75 Å². The van der Waals surface area contributed by atoms with Crippen LogP contribution in [0.1, 0.15) is 63.8 Å². The van der Waals surface area contributed by atoms with Crippen LogP contribution in [0.3, 0.4) is 0 Å². The molecule has 0 aliphatic heterocycles. The van der Waals surface area contributed by atoms with Crippen molar-refractivity contribution < 1.29 is 4.74 Å². The van der Waals surface area contributed by atoms with Gasteiger partial charge in [0.05, 0.1) is 7.11 Å². The van der Waals surface area contributed by atoms with Gasteiger partial charge in [0.1, 0.15) is 5.75 Å². The maximum Gasteiger partial charge on any atom is 0.118 e. The fourth-order valence-electron chi connectivity index (χ4n) is 4.29. The minimum Gasteiger partial charge on any atom is -0.497 e. The minimum absolute atomic E-state index is 0.204. The van der Waals surface area contributed by atoms with E-state index in [9.17, 15) is 0 Å². The van der Waals surface area contributed by atoms with Crippen molar-refractivity contribution in [3.63, 3.8) is 0 Å². The number of allylic oxidation sites excluding steroid dienone is 1. The first-order chi connectivity index (χ1) is 11.7. The lowest BCUT2D eigenvalue weighted by Crippen LogP contribution is -2.30. The first-order valence-corrected chi connectivity index (χ1v) is 9.15. The molecule has 2 aromatic carbocycles. The number of methoxy groups -OCH3 is 1. The van der Waals surface area contributed by atoms with E-state index in [2.05, 4.69) is 78.0 Å². The lowest BCUT2D eigenvalue weighted by atomic mass is 9.71. The van der Waals surface area contributed by atoms with Crippen LogP contribution >= 0.6 is 0 Å².